The van der Waals surface area contributed by atoms with Crippen molar-refractivity contribution < 1.29 is 19.1 Å². The van der Waals surface area contributed by atoms with Gasteiger partial charge in [-0.05, 0) is 84.6 Å². The molecule has 3 aromatic carbocycles. The van der Waals surface area contributed by atoms with E-state index in [0.717, 1.165) is 67.9 Å². The molecule has 0 unspecified atom stereocenters. The molecule has 0 fully saturated rings. The molecule has 0 saturated heterocycles. The molecule has 4 aromatic rings. The van der Waals surface area contributed by atoms with Gasteiger partial charge < -0.3 is 9.47 Å². The van der Waals surface area contributed by atoms with Crippen LogP contribution in [0.5, 0.6) is 0 Å². The molecule has 5 heteroatoms. The van der Waals surface area contributed by atoms with E-state index < -0.39 is 11.9 Å². The fraction of sp³-hybridized carbons (Fsp3) is 0.154. The Bertz CT molecular complexity index is 1750. The molecule has 218 valence electrons. The third-order valence-electron chi connectivity index (χ3n) is 6.77. The number of hydrogen-bond acceptors (Lipinski definition) is 5. The summed E-state index contributed by atoms with van der Waals surface area (Å²) in [7, 11) is 0. The lowest BCUT2D eigenvalue weighted by Crippen LogP contribution is -2.04. The Morgan fingerprint density at radius 2 is 1.09 bits per heavy atom. The van der Waals surface area contributed by atoms with E-state index in [9.17, 15) is 9.59 Å². The van der Waals surface area contributed by atoms with Crippen molar-refractivity contribution in [3.05, 3.63) is 149 Å². The molecular weight excluding hydrogens is 546 g/mol. The standard InChI is InChI=1S/C39H33NO4/c1-5-37(41)43-23-21-32-11-7-30(8-12-32)15-17-34-19-20-36(40-27-34)39-28(3)25-35(26-29(39)4)18-16-31-9-13-33(14-10-31)22-24-44-38(42)6-2/h5-14,19-20,25-27H,1-2,21-24H2,3-4H3. The molecule has 4 rings (SSSR count). The SMILES string of the molecule is C=CC(=O)OCCc1ccc(C#Cc2ccc(-c3c(C)cc(C#Cc4ccc(CCOC(=O)C=C)cc4)cc3C)nc2)cc1. The molecule has 0 amide bonds. The number of aryl methyl sites for hydroxylation is 2. The molecule has 0 aliphatic carbocycles. The Hall–Kier alpha value is -5.65. The summed E-state index contributed by atoms with van der Waals surface area (Å²) in [4.78, 5) is 27.0. The Morgan fingerprint density at radius 1 is 0.659 bits per heavy atom. The van der Waals surface area contributed by atoms with E-state index in [1.807, 2.05) is 60.7 Å². The fourth-order valence-corrected chi connectivity index (χ4v) is 4.51. The number of esters is 2. The lowest BCUT2D eigenvalue weighted by atomic mass is 9.96. The zero-order valence-corrected chi connectivity index (χ0v) is 25.0. The lowest BCUT2D eigenvalue weighted by molar-refractivity contribution is -0.138. The van der Waals surface area contributed by atoms with Gasteiger partial charge in [0.1, 0.15) is 0 Å². The van der Waals surface area contributed by atoms with Crippen LogP contribution < -0.4 is 0 Å². The van der Waals surface area contributed by atoms with Gasteiger partial charge in [0.15, 0.2) is 0 Å². The molecule has 0 radical (unpaired) electrons. The largest absolute Gasteiger partial charge is 0.462 e. The maximum absolute atomic E-state index is 11.2. The predicted octanol–water partition coefficient (Wildman–Crippen LogP) is 6.71. The van der Waals surface area contributed by atoms with Gasteiger partial charge in [0.2, 0.25) is 0 Å². The zero-order valence-electron chi connectivity index (χ0n) is 25.0. The average molecular weight is 580 g/mol. The molecule has 0 aliphatic heterocycles. The maximum Gasteiger partial charge on any atom is 0.330 e. The van der Waals surface area contributed by atoms with E-state index in [-0.39, 0.29) is 0 Å². The minimum atomic E-state index is -0.415. The Labute approximate surface area is 259 Å². The monoisotopic (exact) mass is 579 g/mol. The van der Waals surface area contributed by atoms with Crippen LogP contribution >= 0.6 is 0 Å². The van der Waals surface area contributed by atoms with E-state index in [0.29, 0.717) is 26.1 Å². The van der Waals surface area contributed by atoms with Gasteiger partial charge in [-0.2, -0.15) is 0 Å². The van der Waals surface area contributed by atoms with Gasteiger partial charge in [-0.3, -0.25) is 4.98 Å². The van der Waals surface area contributed by atoms with Crippen LogP contribution in [0.1, 0.15) is 44.5 Å². The van der Waals surface area contributed by atoms with E-state index in [4.69, 9.17) is 14.5 Å². The number of carbonyl (C=O) groups excluding carboxylic acids is 2. The number of pyridine rings is 1. The molecule has 1 heterocycles. The number of carbonyl (C=O) groups is 2. The highest BCUT2D eigenvalue weighted by Crippen LogP contribution is 2.27. The summed E-state index contributed by atoms with van der Waals surface area (Å²) in [6.07, 6.45) is 5.40. The summed E-state index contributed by atoms with van der Waals surface area (Å²) in [6, 6.07) is 24.0. The molecule has 1 aromatic heterocycles. The van der Waals surface area contributed by atoms with Crippen LogP contribution in [-0.4, -0.2) is 30.1 Å². The van der Waals surface area contributed by atoms with Crippen LogP contribution in [0.25, 0.3) is 11.3 Å². The Kier molecular flexibility index (Phi) is 11.1. The van der Waals surface area contributed by atoms with Gasteiger partial charge in [-0.1, -0.05) is 61.1 Å². The Balaban J connectivity index is 1.37. The van der Waals surface area contributed by atoms with Gasteiger partial charge in [-0.25, -0.2) is 9.59 Å². The van der Waals surface area contributed by atoms with Crippen molar-refractivity contribution in [1.29, 1.82) is 0 Å². The van der Waals surface area contributed by atoms with E-state index in [2.05, 4.69) is 62.8 Å². The van der Waals surface area contributed by atoms with Gasteiger partial charge in [0, 0.05) is 59.0 Å². The molecule has 0 spiro atoms. The molecule has 0 aliphatic rings. The van der Waals surface area contributed by atoms with Crippen molar-refractivity contribution in [3.63, 3.8) is 0 Å². The number of hydrogen-bond donors (Lipinski definition) is 0. The van der Waals surface area contributed by atoms with Crippen LogP contribution in [0, 0.1) is 37.5 Å². The van der Waals surface area contributed by atoms with Crippen LogP contribution in [0.3, 0.4) is 0 Å². The van der Waals surface area contributed by atoms with Crippen molar-refractivity contribution in [2.24, 2.45) is 0 Å². The average Bonchev–Trinajstić information content (AvgIpc) is 3.04. The third-order valence-corrected chi connectivity index (χ3v) is 6.77. The van der Waals surface area contributed by atoms with Crippen LogP contribution in [-0.2, 0) is 31.9 Å². The van der Waals surface area contributed by atoms with Crippen LogP contribution in [0.15, 0.2) is 104 Å². The Morgan fingerprint density at radius 3 is 1.52 bits per heavy atom. The number of aromatic nitrogens is 1. The van der Waals surface area contributed by atoms with Crippen LogP contribution in [0.2, 0.25) is 0 Å². The summed E-state index contributed by atoms with van der Waals surface area (Å²) < 4.78 is 10.1. The first-order valence-corrected chi connectivity index (χ1v) is 14.2. The highest BCUT2D eigenvalue weighted by Gasteiger charge is 2.09. The minimum Gasteiger partial charge on any atom is -0.462 e. The summed E-state index contributed by atoms with van der Waals surface area (Å²) >= 11 is 0. The van der Waals surface area contributed by atoms with E-state index in [1.165, 1.54) is 0 Å². The number of rotatable bonds is 9. The summed E-state index contributed by atoms with van der Waals surface area (Å²) in [5, 5.41) is 0. The summed E-state index contributed by atoms with van der Waals surface area (Å²) in [6.45, 7) is 11.6. The highest BCUT2D eigenvalue weighted by molar-refractivity contribution is 5.81. The number of nitrogens with zero attached hydrogens (tertiary/aromatic N) is 1. The van der Waals surface area contributed by atoms with E-state index in [1.54, 1.807) is 6.20 Å². The second-order valence-electron chi connectivity index (χ2n) is 10.1. The molecule has 0 atom stereocenters. The van der Waals surface area contributed by atoms with E-state index >= 15 is 0 Å². The molecule has 5 nitrogen and oxygen atoms in total. The fourth-order valence-electron chi connectivity index (χ4n) is 4.51. The summed E-state index contributed by atoms with van der Waals surface area (Å²) in [5.41, 5.74) is 9.90. The zero-order chi connectivity index (χ0) is 31.3. The van der Waals surface area contributed by atoms with Gasteiger partial charge in [0.05, 0.1) is 18.9 Å². The smallest absolute Gasteiger partial charge is 0.330 e. The third kappa shape index (κ3) is 9.18. The lowest BCUT2D eigenvalue weighted by Gasteiger charge is -2.10. The maximum atomic E-state index is 11.2. The second kappa shape index (κ2) is 15.5. The molecule has 0 N–H and O–H groups in total. The molecule has 0 bridgehead atoms. The second-order valence-corrected chi connectivity index (χ2v) is 10.1. The van der Waals surface area contributed by atoms with Crippen molar-refractivity contribution in [2.75, 3.05) is 13.2 Å². The number of ether oxygens (including phenoxy) is 2. The van der Waals surface area contributed by atoms with Crippen LogP contribution in [0.4, 0.5) is 0 Å². The van der Waals surface area contributed by atoms with Crippen molar-refractivity contribution in [2.45, 2.75) is 26.7 Å². The first kappa shape index (κ1) is 31.3. The topological polar surface area (TPSA) is 65.5 Å². The number of benzene rings is 3. The van der Waals surface area contributed by atoms with Crippen molar-refractivity contribution in [3.8, 4) is 34.9 Å². The summed E-state index contributed by atoms with van der Waals surface area (Å²) in [5.74, 6) is 12.0. The predicted molar refractivity (Wildman–Crippen MR) is 174 cm³/mol. The minimum absolute atomic E-state index is 0.317. The first-order valence-electron chi connectivity index (χ1n) is 14.2. The van der Waals surface area contributed by atoms with Crippen molar-refractivity contribution in [1.82, 2.24) is 4.98 Å². The highest BCUT2D eigenvalue weighted by atomic mass is 16.5. The molecule has 44 heavy (non-hydrogen) atoms. The normalized spacial score (nSPS) is 9.95. The van der Waals surface area contributed by atoms with Gasteiger partial charge in [-0.15, -0.1) is 0 Å². The van der Waals surface area contributed by atoms with Gasteiger partial charge in [0.25, 0.3) is 0 Å². The van der Waals surface area contributed by atoms with Crippen molar-refractivity contribution >= 4 is 11.9 Å². The first-order chi connectivity index (χ1) is 21.3. The quantitative estimate of drug-likeness (QED) is 0.125. The molecule has 0 saturated carbocycles. The van der Waals surface area contributed by atoms with Gasteiger partial charge >= 0.3 is 11.9 Å². The molecular formula is C39H33NO4.